The van der Waals surface area contributed by atoms with Crippen LogP contribution < -0.4 is 0 Å². The van der Waals surface area contributed by atoms with E-state index in [1.165, 1.54) is 0 Å². The zero-order chi connectivity index (χ0) is 6.78. The highest BCUT2D eigenvalue weighted by Crippen LogP contribution is 1.71. The molecule has 0 amide bonds. The fraction of sp³-hybridized carbons (Fsp3) is 1.00. The summed E-state index contributed by atoms with van der Waals surface area (Å²) in [6.07, 6.45) is -1.71. The molecule has 1 atom stereocenters. The third-order valence-corrected chi connectivity index (χ3v) is 0.322. The maximum Gasteiger partial charge on any atom is 0.100 e. The molecular weight excluding hydrogens is 84.0 g/mol. The molecule has 3 heteroatoms. The zero-order valence-corrected chi connectivity index (χ0v) is 3.13. The first-order valence-corrected chi connectivity index (χ1v) is 1.49. The molecule has 0 saturated carbocycles. The summed E-state index contributed by atoms with van der Waals surface area (Å²) in [6.45, 7) is -3.46. The topological polar surface area (TPSA) is 60.7 Å². The molecule has 3 N–H and O–H groups in total. The lowest BCUT2D eigenvalue weighted by molar-refractivity contribution is 0.0450. The Hall–Kier alpha value is -0.120. The molecule has 38 valence electrons. The van der Waals surface area contributed by atoms with Crippen LogP contribution in [0.1, 0.15) is 2.74 Å². The molecule has 0 heterocycles. The molecule has 0 spiro atoms. The Morgan fingerprint density at radius 1 is 1.67 bits per heavy atom. The van der Waals surface area contributed by atoms with Gasteiger partial charge in [-0.3, -0.25) is 0 Å². The summed E-state index contributed by atoms with van der Waals surface area (Å²) in [5.74, 6) is 0. The van der Waals surface area contributed by atoms with Crippen LogP contribution in [0, 0.1) is 0 Å². The second-order valence-corrected chi connectivity index (χ2v) is 0.827. The van der Waals surface area contributed by atoms with Gasteiger partial charge in [0.2, 0.25) is 0 Å². The average Bonchev–Trinajstić information content (AvgIpc) is 1.62. The van der Waals surface area contributed by atoms with Crippen LogP contribution in [0.3, 0.4) is 0 Å². The summed E-state index contributed by atoms with van der Waals surface area (Å²) >= 11 is 0. The molecule has 0 bridgehead atoms. The Kier molecular flexibility index (Phi) is 1.52. The Labute approximate surface area is 38.7 Å². The first-order valence-electron chi connectivity index (χ1n) is 2.49. The molecule has 0 fully saturated rings. The van der Waals surface area contributed by atoms with Crippen molar-refractivity contribution < 1.29 is 18.1 Å². The molecule has 0 aliphatic rings. The summed E-state index contributed by atoms with van der Waals surface area (Å²) in [4.78, 5) is 0. The van der Waals surface area contributed by atoms with Crippen LogP contribution in [-0.2, 0) is 0 Å². The second kappa shape index (κ2) is 3.08. The molecule has 0 aromatic heterocycles. The van der Waals surface area contributed by atoms with Crippen LogP contribution in [-0.4, -0.2) is 34.6 Å². The van der Waals surface area contributed by atoms with Crippen LogP contribution in [0.25, 0.3) is 0 Å². The summed E-state index contributed by atoms with van der Waals surface area (Å²) in [6, 6.07) is 0. The normalized spacial score (nSPS) is 21.8. The van der Waals surface area contributed by atoms with Crippen LogP contribution in [0.15, 0.2) is 0 Å². The van der Waals surface area contributed by atoms with Gasteiger partial charge in [-0.15, -0.1) is 0 Å². The van der Waals surface area contributed by atoms with Gasteiger partial charge >= 0.3 is 0 Å². The minimum absolute atomic E-state index is 0.774. The standard InChI is InChI=1S/C3H8O3/c4-1-3(6)2-5/h3-6H,1-2H2/i1D2. The molecule has 0 aliphatic carbocycles. The molecule has 1 unspecified atom stereocenters. The van der Waals surface area contributed by atoms with Gasteiger partial charge < -0.3 is 15.3 Å². The lowest BCUT2D eigenvalue weighted by atomic mass is 10.4. The average molecular weight is 94.1 g/mol. The Morgan fingerprint density at radius 3 is 2.17 bits per heavy atom. The third kappa shape index (κ3) is 2.14. The molecule has 0 aliphatic heterocycles. The third-order valence-electron chi connectivity index (χ3n) is 0.322. The van der Waals surface area contributed by atoms with Crippen molar-refractivity contribution in [1.29, 1.82) is 0 Å². The predicted octanol–water partition coefficient (Wildman–Crippen LogP) is -1.67. The number of aliphatic hydroxyl groups is 3. The van der Waals surface area contributed by atoms with Gasteiger partial charge in [0.25, 0.3) is 0 Å². The predicted molar refractivity (Wildman–Crippen MR) is 20.2 cm³/mol. The van der Waals surface area contributed by atoms with E-state index in [9.17, 15) is 0 Å². The van der Waals surface area contributed by atoms with Gasteiger partial charge in [-0.1, -0.05) is 0 Å². The molecule has 0 saturated heterocycles. The monoisotopic (exact) mass is 94.1 g/mol. The highest BCUT2D eigenvalue weighted by atomic mass is 16.3. The van der Waals surface area contributed by atoms with E-state index in [4.69, 9.17) is 18.1 Å². The summed E-state index contributed by atoms with van der Waals surface area (Å²) in [5, 5.41) is 24.5. The molecular formula is C3H8O3. The van der Waals surface area contributed by atoms with E-state index in [0.717, 1.165) is 0 Å². The van der Waals surface area contributed by atoms with E-state index in [-0.39, 0.29) is 0 Å². The maximum atomic E-state index is 8.32. The molecule has 0 aromatic carbocycles. The Balaban J connectivity index is 3.62. The quantitative estimate of drug-likeness (QED) is 0.383. The van der Waals surface area contributed by atoms with Gasteiger partial charge in [0.15, 0.2) is 0 Å². The molecule has 0 radical (unpaired) electrons. The van der Waals surface area contributed by atoms with Crippen molar-refractivity contribution in [1.82, 2.24) is 0 Å². The lowest BCUT2D eigenvalue weighted by Crippen LogP contribution is -2.15. The molecule has 0 aromatic rings. The summed E-state index contributed by atoms with van der Waals surface area (Å²) in [7, 11) is 0. The number of hydrogen-bond acceptors (Lipinski definition) is 3. The maximum absolute atomic E-state index is 8.32. The fourth-order valence-electron chi connectivity index (χ4n) is 0.0408. The molecule has 0 rings (SSSR count). The van der Waals surface area contributed by atoms with Crippen molar-refractivity contribution in [2.24, 2.45) is 0 Å². The van der Waals surface area contributed by atoms with Crippen molar-refractivity contribution in [2.45, 2.75) is 6.10 Å². The Morgan fingerprint density at radius 2 is 2.17 bits per heavy atom. The van der Waals surface area contributed by atoms with E-state index < -0.39 is 19.3 Å². The van der Waals surface area contributed by atoms with E-state index in [2.05, 4.69) is 0 Å². The summed E-state index contributed by atoms with van der Waals surface area (Å²) < 4.78 is 12.7. The smallest absolute Gasteiger partial charge is 0.100 e. The summed E-state index contributed by atoms with van der Waals surface area (Å²) in [5.41, 5.74) is 0. The van der Waals surface area contributed by atoms with Crippen molar-refractivity contribution in [2.75, 3.05) is 13.2 Å². The van der Waals surface area contributed by atoms with Crippen LogP contribution >= 0.6 is 0 Å². The first-order chi connectivity index (χ1) is 3.48. The fourth-order valence-corrected chi connectivity index (χ4v) is 0.0408. The number of aliphatic hydroxyl groups excluding tert-OH is 2. The van der Waals surface area contributed by atoms with Gasteiger partial charge in [-0.25, -0.2) is 0 Å². The first kappa shape index (κ1) is 2.96. The van der Waals surface area contributed by atoms with Crippen LogP contribution in [0.4, 0.5) is 0 Å². The number of rotatable bonds is 2. The number of hydrogen-bond donors (Lipinski definition) is 3. The van der Waals surface area contributed by atoms with E-state index in [1.807, 2.05) is 0 Å². The van der Waals surface area contributed by atoms with E-state index in [1.54, 1.807) is 0 Å². The van der Waals surface area contributed by atoms with E-state index >= 15 is 0 Å². The highest BCUT2D eigenvalue weighted by Gasteiger charge is 1.93. The molecule has 3 nitrogen and oxygen atoms in total. The van der Waals surface area contributed by atoms with Crippen LogP contribution in [0.5, 0.6) is 0 Å². The Bertz CT molecular complexity index is 69.4. The van der Waals surface area contributed by atoms with Crippen molar-refractivity contribution in [3.63, 3.8) is 0 Å². The lowest BCUT2D eigenvalue weighted by Gasteiger charge is -1.96. The SMILES string of the molecule is [2H]C([2H])(O)C(O)CO. The molecule has 6 heavy (non-hydrogen) atoms. The van der Waals surface area contributed by atoms with Crippen LogP contribution in [0.2, 0.25) is 0 Å². The minimum atomic E-state index is -2.69. The highest BCUT2D eigenvalue weighted by molar-refractivity contribution is 4.43. The van der Waals surface area contributed by atoms with Crippen molar-refractivity contribution in [3.05, 3.63) is 0 Å². The van der Waals surface area contributed by atoms with Gasteiger partial charge in [0.1, 0.15) is 6.10 Å². The van der Waals surface area contributed by atoms with Gasteiger partial charge in [0, 0.05) is 0 Å². The van der Waals surface area contributed by atoms with Crippen molar-refractivity contribution in [3.8, 4) is 0 Å². The van der Waals surface area contributed by atoms with Gasteiger partial charge in [-0.05, 0) is 0 Å². The van der Waals surface area contributed by atoms with Gasteiger partial charge in [-0.2, -0.15) is 0 Å². The largest absolute Gasteiger partial charge is 0.394 e. The zero-order valence-electron chi connectivity index (χ0n) is 5.13. The van der Waals surface area contributed by atoms with Crippen molar-refractivity contribution >= 4 is 0 Å². The minimum Gasteiger partial charge on any atom is -0.394 e. The second-order valence-electron chi connectivity index (χ2n) is 0.827. The van der Waals surface area contributed by atoms with E-state index in [0.29, 0.717) is 0 Å². The van der Waals surface area contributed by atoms with Gasteiger partial charge in [0.05, 0.1) is 15.9 Å².